The Bertz CT molecular complexity index is 1150. The number of carboxylic acids is 1. The lowest BCUT2D eigenvalue weighted by Crippen LogP contribution is -2.37. The smallest absolute Gasteiger partial charge is 0.323 e. The number of nitrogens with zero attached hydrogens (tertiary/aromatic N) is 1. The molecule has 0 unspecified atom stereocenters. The summed E-state index contributed by atoms with van der Waals surface area (Å²) in [6.07, 6.45) is 1.80. The number of aliphatic carboxylic acids is 1. The van der Waals surface area contributed by atoms with E-state index < -0.39 is 24.1 Å². The Kier molecular flexibility index (Phi) is 9.03. The number of rotatable bonds is 11. The number of halogens is 2. The second-order valence-electron chi connectivity index (χ2n) is 7.21. The summed E-state index contributed by atoms with van der Waals surface area (Å²) < 4.78 is 38.0. The molecule has 1 heterocycles. The molecular weight excluding hydrogens is 484 g/mol. The van der Waals surface area contributed by atoms with Gasteiger partial charge in [-0.25, -0.2) is 8.78 Å². The van der Waals surface area contributed by atoms with Crippen molar-refractivity contribution in [1.82, 2.24) is 4.90 Å². The molecule has 0 fully saturated rings. The fourth-order valence-electron chi connectivity index (χ4n) is 3.16. The van der Waals surface area contributed by atoms with Gasteiger partial charge in [-0.05, 0) is 53.1 Å². The number of thioether (sulfide) groups is 1. The summed E-state index contributed by atoms with van der Waals surface area (Å²) in [5, 5.41) is 10.8. The third kappa shape index (κ3) is 6.55. The number of carboxylic acid groups (broad SMARTS) is 1. The van der Waals surface area contributed by atoms with Gasteiger partial charge in [0.25, 0.3) is 5.91 Å². The number of hydrogen-bond acceptors (Lipinski definition) is 6. The van der Waals surface area contributed by atoms with Crippen LogP contribution in [0.2, 0.25) is 0 Å². The number of methoxy groups -OCH3 is 1. The molecule has 0 aliphatic carbocycles. The van der Waals surface area contributed by atoms with Crippen molar-refractivity contribution in [3.05, 3.63) is 69.9 Å². The third-order valence-corrected chi connectivity index (χ3v) is 6.60. The minimum absolute atomic E-state index is 0.175. The van der Waals surface area contributed by atoms with Crippen LogP contribution >= 0.6 is 23.1 Å². The maximum Gasteiger partial charge on any atom is 0.323 e. The largest absolute Gasteiger partial charge is 0.489 e. The lowest BCUT2D eigenvalue weighted by Gasteiger charge is -2.19. The van der Waals surface area contributed by atoms with Gasteiger partial charge in [0.1, 0.15) is 18.9 Å². The molecule has 0 saturated heterocycles. The standard InChI is InChI=1S/C24H23F2NO5S2/c1-31-8-7-27(12-23(28)29)24(30)22-9-15(14-34-22)13-32-17-5-3-16(4-6-17)18-10-19(25)20(26)11-21(18)33-2/h3-6,9-11,14H,7-8,12-13H2,1-2H3,(H,28,29). The Morgan fingerprint density at radius 1 is 1.12 bits per heavy atom. The highest BCUT2D eigenvalue weighted by molar-refractivity contribution is 7.98. The van der Waals surface area contributed by atoms with Crippen LogP contribution in [0.5, 0.6) is 5.75 Å². The monoisotopic (exact) mass is 507 g/mol. The fourth-order valence-corrected chi connectivity index (χ4v) is 4.64. The van der Waals surface area contributed by atoms with E-state index in [4.69, 9.17) is 14.6 Å². The molecule has 0 radical (unpaired) electrons. The number of carbonyl (C=O) groups excluding carboxylic acids is 1. The zero-order valence-electron chi connectivity index (χ0n) is 18.5. The summed E-state index contributed by atoms with van der Waals surface area (Å²) in [6, 6.07) is 11.0. The molecule has 0 bridgehead atoms. The van der Waals surface area contributed by atoms with Crippen LogP contribution in [-0.4, -0.2) is 54.9 Å². The first-order chi connectivity index (χ1) is 16.3. The second-order valence-corrected chi connectivity index (χ2v) is 8.97. The molecule has 1 amide bonds. The molecule has 3 rings (SSSR count). The zero-order valence-corrected chi connectivity index (χ0v) is 20.2. The number of amides is 1. The van der Waals surface area contributed by atoms with Gasteiger partial charge in [-0.2, -0.15) is 0 Å². The second kappa shape index (κ2) is 12.0. The van der Waals surface area contributed by atoms with E-state index in [1.54, 1.807) is 42.0 Å². The minimum Gasteiger partial charge on any atom is -0.489 e. The molecule has 1 N–H and O–H groups in total. The minimum atomic E-state index is -1.10. The summed E-state index contributed by atoms with van der Waals surface area (Å²) in [6.45, 7) is 0.211. The van der Waals surface area contributed by atoms with Gasteiger partial charge in [0.05, 0.1) is 11.5 Å². The van der Waals surface area contributed by atoms with Crippen LogP contribution in [0, 0.1) is 11.6 Å². The Labute approximate surface area is 204 Å². The molecule has 180 valence electrons. The summed E-state index contributed by atoms with van der Waals surface area (Å²) in [5.41, 5.74) is 2.09. The van der Waals surface area contributed by atoms with E-state index in [0.717, 1.165) is 11.1 Å². The van der Waals surface area contributed by atoms with Crippen LogP contribution in [-0.2, 0) is 16.1 Å². The zero-order chi connectivity index (χ0) is 24.7. The van der Waals surface area contributed by atoms with Crippen molar-refractivity contribution in [3.8, 4) is 16.9 Å². The van der Waals surface area contributed by atoms with Gasteiger partial charge in [0, 0.05) is 24.1 Å². The van der Waals surface area contributed by atoms with E-state index in [9.17, 15) is 18.4 Å². The molecule has 0 aliphatic heterocycles. The normalized spacial score (nSPS) is 10.8. The van der Waals surface area contributed by atoms with Crippen molar-refractivity contribution >= 4 is 35.0 Å². The van der Waals surface area contributed by atoms with Gasteiger partial charge in [0.2, 0.25) is 0 Å². The van der Waals surface area contributed by atoms with Crippen molar-refractivity contribution in [1.29, 1.82) is 0 Å². The average molecular weight is 508 g/mol. The summed E-state index contributed by atoms with van der Waals surface area (Å²) >= 11 is 2.55. The van der Waals surface area contributed by atoms with Crippen LogP contribution in [0.3, 0.4) is 0 Å². The van der Waals surface area contributed by atoms with Crippen molar-refractivity contribution in [2.75, 3.05) is 33.1 Å². The molecule has 34 heavy (non-hydrogen) atoms. The van der Waals surface area contributed by atoms with Crippen LogP contribution < -0.4 is 4.74 Å². The maximum atomic E-state index is 13.7. The molecule has 0 atom stereocenters. The molecule has 0 saturated carbocycles. The van der Waals surface area contributed by atoms with Crippen LogP contribution in [0.15, 0.2) is 52.7 Å². The van der Waals surface area contributed by atoms with E-state index in [2.05, 4.69) is 0 Å². The Balaban J connectivity index is 1.65. The van der Waals surface area contributed by atoms with E-state index in [1.165, 1.54) is 47.2 Å². The van der Waals surface area contributed by atoms with E-state index in [-0.39, 0.29) is 25.7 Å². The van der Waals surface area contributed by atoms with Gasteiger partial charge in [-0.3, -0.25) is 9.59 Å². The Morgan fingerprint density at radius 3 is 2.47 bits per heavy atom. The summed E-state index contributed by atoms with van der Waals surface area (Å²) in [7, 11) is 1.48. The number of benzene rings is 2. The highest BCUT2D eigenvalue weighted by Crippen LogP contribution is 2.33. The highest BCUT2D eigenvalue weighted by atomic mass is 32.2. The topological polar surface area (TPSA) is 76.1 Å². The summed E-state index contributed by atoms with van der Waals surface area (Å²) in [5.74, 6) is -2.69. The molecule has 1 aromatic heterocycles. The molecule has 6 nitrogen and oxygen atoms in total. The van der Waals surface area contributed by atoms with E-state index in [0.29, 0.717) is 21.1 Å². The van der Waals surface area contributed by atoms with Crippen molar-refractivity contribution in [2.24, 2.45) is 0 Å². The van der Waals surface area contributed by atoms with Crippen LogP contribution in [0.4, 0.5) is 8.78 Å². The maximum absolute atomic E-state index is 13.7. The lowest BCUT2D eigenvalue weighted by molar-refractivity contribution is -0.137. The Morgan fingerprint density at radius 2 is 1.82 bits per heavy atom. The first kappa shape index (κ1) is 25.7. The number of thiophene rings is 1. The molecular formula is C24H23F2NO5S2. The number of carbonyl (C=O) groups is 2. The Hall–Kier alpha value is -2.95. The van der Waals surface area contributed by atoms with Gasteiger partial charge < -0.3 is 19.5 Å². The first-order valence-electron chi connectivity index (χ1n) is 10.2. The van der Waals surface area contributed by atoms with Gasteiger partial charge in [0.15, 0.2) is 11.6 Å². The molecule has 10 heteroatoms. The number of hydrogen-bond donors (Lipinski definition) is 1. The number of ether oxygens (including phenoxy) is 2. The average Bonchev–Trinajstić information content (AvgIpc) is 3.30. The van der Waals surface area contributed by atoms with Crippen LogP contribution in [0.25, 0.3) is 11.1 Å². The molecule has 0 spiro atoms. The van der Waals surface area contributed by atoms with E-state index in [1.807, 2.05) is 0 Å². The SMILES string of the molecule is COCCN(CC(=O)O)C(=O)c1cc(COc2ccc(-c3cc(F)c(F)cc3SC)cc2)cs1. The third-order valence-electron chi connectivity index (χ3n) is 4.86. The van der Waals surface area contributed by atoms with Crippen molar-refractivity contribution in [2.45, 2.75) is 11.5 Å². The quantitative estimate of drug-likeness (QED) is 0.361. The van der Waals surface area contributed by atoms with Crippen molar-refractivity contribution in [3.63, 3.8) is 0 Å². The van der Waals surface area contributed by atoms with Gasteiger partial charge in [-0.1, -0.05) is 12.1 Å². The molecule has 3 aromatic rings. The lowest BCUT2D eigenvalue weighted by atomic mass is 10.1. The van der Waals surface area contributed by atoms with Gasteiger partial charge in [-0.15, -0.1) is 23.1 Å². The van der Waals surface area contributed by atoms with Crippen molar-refractivity contribution < 1.29 is 33.0 Å². The molecule has 2 aromatic carbocycles. The van der Waals surface area contributed by atoms with Gasteiger partial charge >= 0.3 is 5.97 Å². The highest BCUT2D eigenvalue weighted by Gasteiger charge is 2.20. The predicted octanol–water partition coefficient (Wildman–Crippen LogP) is 5.17. The molecule has 0 aliphatic rings. The first-order valence-corrected chi connectivity index (χ1v) is 12.3. The van der Waals surface area contributed by atoms with E-state index >= 15 is 0 Å². The fraction of sp³-hybridized carbons (Fsp3) is 0.250. The van der Waals surface area contributed by atoms with Crippen LogP contribution in [0.1, 0.15) is 15.2 Å². The predicted molar refractivity (Wildman–Crippen MR) is 128 cm³/mol. The summed E-state index contributed by atoms with van der Waals surface area (Å²) in [4.78, 5) is 26.0.